The van der Waals surface area contributed by atoms with Gasteiger partial charge in [0, 0.05) is 37.7 Å². The third-order valence-corrected chi connectivity index (χ3v) is 14.4. The number of benzene rings is 2. The van der Waals surface area contributed by atoms with Gasteiger partial charge in [-0.1, -0.05) is 81.6 Å². The summed E-state index contributed by atoms with van der Waals surface area (Å²) in [4.78, 5) is 83.7. The summed E-state index contributed by atoms with van der Waals surface area (Å²) >= 11 is 0. The molecule has 62 heavy (non-hydrogen) atoms. The molecule has 11 atom stereocenters. The Hall–Kier alpha value is -4.96. The molecule has 7 rings (SSSR count). The van der Waals surface area contributed by atoms with E-state index in [9.17, 15) is 39.3 Å². The summed E-state index contributed by atoms with van der Waals surface area (Å²) in [5.41, 5.74) is -6.77. The number of esters is 4. The fourth-order valence-electron chi connectivity index (χ4n) is 11.0. The lowest BCUT2D eigenvalue weighted by atomic mass is 9.44. The zero-order chi connectivity index (χ0) is 44.9. The lowest BCUT2D eigenvalue weighted by molar-refractivity contribution is -0.347. The molecule has 2 unspecified atom stereocenters. The van der Waals surface area contributed by atoms with E-state index < -0.39 is 119 Å². The molecular weight excluding hydrogens is 803 g/mol. The summed E-state index contributed by atoms with van der Waals surface area (Å²) < 4.78 is 30.6. The Bertz CT molecular complexity index is 2120. The SMILES string of the molecule is CC(=O)O[C@H]1C(=O)[C@@]2(C)C([C@H](OC(=O)C3CCCCC3)[C@]3(O)C[C@H](OC(=O)[C@H](O)C(NC(=O)c4ccccc4)c4ccccc4)C(C)=C1C3(C)C)[C@]1(OC(C)=O)CO[C@@H]1C[C@@H]2O. The molecule has 4 aliphatic carbocycles. The highest BCUT2D eigenvalue weighted by Gasteiger charge is 2.78. The average molecular weight is 860 g/mol. The lowest BCUT2D eigenvalue weighted by Crippen LogP contribution is -2.82. The monoisotopic (exact) mass is 859 g/mol. The van der Waals surface area contributed by atoms with Crippen molar-refractivity contribution in [2.45, 2.75) is 140 Å². The van der Waals surface area contributed by atoms with Crippen LogP contribution in [0.15, 0.2) is 71.8 Å². The van der Waals surface area contributed by atoms with E-state index in [1.807, 2.05) is 0 Å². The first kappa shape index (κ1) is 45.1. The van der Waals surface area contributed by atoms with Crippen molar-refractivity contribution in [1.82, 2.24) is 5.32 Å². The van der Waals surface area contributed by atoms with E-state index in [1.54, 1.807) is 81.4 Å². The number of hydrogen-bond donors (Lipinski definition) is 4. The van der Waals surface area contributed by atoms with Gasteiger partial charge < -0.3 is 44.3 Å². The number of fused-ring (bicyclic) bond motifs is 5. The first-order valence-electron chi connectivity index (χ1n) is 21.4. The van der Waals surface area contributed by atoms with Gasteiger partial charge >= 0.3 is 23.9 Å². The Morgan fingerprint density at radius 2 is 1.50 bits per heavy atom. The zero-order valence-corrected chi connectivity index (χ0v) is 36.0. The second kappa shape index (κ2) is 17.0. The molecule has 1 aliphatic heterocycles. The Morgan fingerprint density at radius 1 is 0.871 bits per heavy atom. The van der Waals surface area contributed by atoms with Gasteiger partial charge in [-0.25, -0.2) is 4.79 Å². The number of rotatable bonds is 10. The number of Topliss-reactive ketones (excluding diaryl/α,β-unsaturated/α-hetero) is 1. The molecule has 1 heterocycles. The van der Waals surface area contributed by atoms with E-state index in [2.05, 4.69) is 5.32 Å². The van der Waals surface area contributed by atoms with Crippen LogP contribution in [-0.4, -0.2) is 105 Å². The third kappa shape index (κ3) is 7.54. The van der Waals surface area contributed by atoms with Crippen molar-refractivity contribution in [2.75, 3.05) is 6.61 Å². The predicted molar refractivity (Wildman–Crippen MR) is 218 cm³/mol. The molecule has 1 amide bonds. The second-order valence-electron chi connectivity index (χ2n) is 18.4. The summed E-state index contributed by atoms with van der Waals surface area (Å²) in [7, 11) is 0. The number of aliphatic hydroxyl groups excluding tert-OH is 2. The highest BCUT2D eigenvalue weighted by atomic mass is 16.6. The third-order valence-electron chi connectivity index (χ3n) is 14.4. The Labute approximate surface area is 360 Å². The minimum absolute atomic E-state index is 0.0369. The molecule has 15 heteroatoms. The second-order valence-corrected chi connectivity index (χ2v) is 18.4. The highest BCUT2D eigenvalue weighted by Crippen LogP contribution is 2.64. The molecule has 0 spiro atoms. The van der Waals surface area contributed by atoms with Crippen molar-refractivity contribution >= 4 is 35.6 Å². The molecule has 3 saturated carbocycles. The zero-order valence-electron chi connectivity index (χ0n) is 36.0. The minimum Gasteiger partial charge on any atom is -0.459 e. The van der Waals surface area contributed by atoms with E-state index in [4.69, 9.17) is 23.7 Å². The summed E-state index contributed by atoms with van der Waals surface area (Å²) in [6.45, 7) is 8.20. The number of hydrogen-bond acceptors (Lipinski definition) is 14. The number of aliphatic hydroxyl groups is 3. The molecule has 2 aromatic rings. The van der Waals surface area contributed by atoms with Crippen LogP contribution in [0.5, 0.6) is 0 Å². The van der Waals surface area contributed by atoms with Gasteiger partial charge in [-0.2, -0.15) is 0 Å². The standard InChI is InChI=1S/C47H57NO14/c1-25-31(60-43(56)36(52)35(28-16-10-7-11-17-28)48-41(54)29-18-12-8-13-19-29)23-47(57)40(61-42(55)30-20-14-9-15-21-30)38-45(6,32(51)22-33-46(38,24-58-33)62-27(3)50)39(53)37(59-26(2)49)34(25)44(47,4)5/h7-8,10-13,16-19,30-33,35-38,40,51-52,57H,9,14-15,20-24H2,1-6H3,(H,48,54)/t31-,32-,33+,35?,36+,37+,38?,40-,45+,46-,47+/m0/s1. The van der Waals surface area contributed by atoms with Crippen LogP contribution < -0.4 is 5.32 Å². The van der Waals surface area contributed by atoms with Gasteiger partial charge in [-0.05, 0) is 55.5 Å². The number of carbonyl (C=O) groups is 6. The predicted octanol–water partition coefficient (Wildman–Crippen LogP) is 4.00. The Balaban J connectivity index is 1.37. The Morgan fingerprint density at radius 3 is 2.08 bits per heavy atom. The van der Waals surface area contributed by atoms with Crippen LogP contribution in [0, 0.1) is 22.7 Å². The average Bonchev–Trinajstić information content (AvgIpc) is 3.24. The van der Waals surface area contributed by atoms with Crippen LogP contribution in [0.4, 0.5) is 0 Å². The lowest BCUT2D eigenvalue weighted by Gasteiger charge is -2.67. The van der Waals surface area contributed by atoms with Crippen molar-refractivity contribution in [2.24, 2.45) is 22.7 Å². The highest BCUT2D eigenvalue weighted by molar-refractivity contribution is 5.96. The maximum Gasteiger partial charge on any atom is 0.338 e. The number of ether oxygens (including phenoxy) is 5. The van der Waals surface area contributed by atoms with Gasteiger partial charge in [-0.15, -0.1) is 0 Å². The molecule has 2 aromatic carbocycles. The smallest absolute Gasteiger partial charge is 0.338 e. The van der Waals surface area contributed by atoms with E-state index in [-0.39, 0.29) is 29.7 Å². The molecule has 334 valence electrons. The molecule has 5 aliphatic rings. The van der Waals surface area contributed by atoms with Crippen molar-refractivity contribution < 1.29 is 67.8 Å². The van der Waals surface area contributed by atoms with Crippen molar-refractivity contribution in [3.05, 3.63) is 82.9 Å². The van der Waals surface area contributed by atoms with Crippen LogP contribution in [0.1, 0.15) is 108 Å². The summed E-state index contributed by atoms with van der Waals surface area (Å²) in [5, 5.41) is 40.4. The van der Waals surface area contributed by atoms with E-state index >= 15 is 4.79 Å². The number of amides is 1. The van der Waals surface area contributed by atoms with Crippen LogP contribution in [-0.2, 0) is 47.7 Å². The van der Waals surface area contributed by atoms with Gasteiger partial charge in [0.05, 0.1) is 36.0 Å². The summed E-state index contributed by atoms with van der Waals surface area (Å²) in [5.74, 6) is -6.92. The van der Waals surface area contributed by atoms with Crippen molar-refractivity contribution in [3.63, 3.8) is 0 Å². The maximum atomic E-state index is 15.5. The quantitative estimate of drug-likeness (QED) is 0.151. The molecule has 4 fully saturated rings. The largest absolute Gasteiger partial charge is 0.459 e. The number of carbonyl (C=O) groups excluding carboxylic acids is 6. The molecular formula is C47H57NO14. The normalized spacial score (nSPS) is 33.7. The Kier molecular flexibility index (Phi) is 12.3. The number of ketones is 1. The van der Waals surface area contributed by atoms with Gasteiger partial charge in [0.25, 0.3) is 5.91 Å². The first-order chi connectivity index (χ1) is 29.3. The first-order valence-corrected chi connectivity index (χ1v) is 21.4. The summed E-state index contributed by atoms with van der Waals surface area (Å²) in [6, 6.07) is 15.2. The van der Waals surface area contributed by atoms with Crippen LogP contribution >= 0.6 is 0 Å². The van der Waals surface area contributed by atoms with Gasteiger partial charge in [-0.3, -0.25) is 24.0 Å². The topological polar surface area (TPSA) is 221 Å². The van der Waals surface area contributed by atoms with Gasteiger partial charge in [0.15, 0.2) is 23.6 Å². The molecule has 4 N–H and O–H groups in total. The fourth-order valence-corrected chi connectivity index (χ4v) is 11.0. The van der Waals surface area contributed by atoms with Gasteiger partial charge in [0.1, 0.15) is 23.9 Å². The van der Waals surface area contributed by atoms with Crippen LogP contribution in [0.3, 0.4) is 0 Å². The molecule has 0 aromatic heterocycles. The van der Waals surface area contributed by atoms with Crippen LogP contribution in [0.2, 0.25) is 0 Å². The van der Waals surface area contributed by atoms with Crippen molar-refractivity contribution in [3.8, 4) is 0 Å². The van der Waals surface area contributed by atoms with E-state index in [1.165, 1.54) is 13.8 Å². The summed E-state index contributed by atoms with van der Waals surface area (Å²) in [6.07, 6.45) is -6.69. The van der Waals surface area contributed by atoms with Gasteiger partial charge in [0.2, 0.25) is 0 Å². The number of nitrogens with one attached hydrogen (secondary N) is 1. The maximum absolute atomic E-state index is 15.5. The minimum atomic E-state index is -2.32. The molecule has 0 radical (unpaired) electrons. The van der Waals surface area contributed by atoms with Crippen LogP contribution in [0.25, 0.3) is 0 Å². The van der Waals surface area contributed by atoms with E-state index in [0.717, 1.165) is 26.2 Å². The molecule has 2 bridgehead atoms. The van der Waals surface area contributed by atoms with Crippen molar-refractivity contribution in [1.29, 1.82) is 0 Å². The molecule has 1 saturated heterocycles. The molecule has 15 nitrogen and oxygen atoms in total. The van der Waals surface area contributed by atoms with E-state index in [0.29, 0.717) is 18.4 Å². The fraction of sp³-hybridized carbons (Fsp3) is 0.574.